The van der Waals surface area contributed by atoms with E-state index in [0.29, 0.717) is 0 Å². The van der Waals surface area contributed by atoms with Crippen LogP contribution in [-0.4, -0.2) is 42.3 Å². The monoisotopic (exact) mass is 356 g/mol. The van der Waals surface area contributed by atoms with Gasteiger partial charge in [-0.2, -0.15) is 0 Å². The van der Waals surface area contributed by atoms with Gasteiger partial charge in [0.15, 0.2) is 0 Å². The normalized spacial score (nSPS) is 11.6. The molecule has 8 nitrogen and oxygen atoms in total. The Morgan fingerprint density at radius 3 is 2.48 bits per heavy atom. The van der Waals surface area contributed by atoms with Gasteiger partial charge in [0.05, 0.1) is 11.3 Å². The van der Waals surface area contributed by atoms with Crippen molar-refractivity contribution in [3.8, 4) is 0 Å². The van der Waals surface area contributed by atoms with E-state index in [4.69, 9.17) is 28.3 Å². The van der Waals surface area contributed by atoms with E-state index in [1.54, 1.807) is 0 Å². The molecule has 1 aromatic rings. The van der Waals surface area contributed by atoms with Gasteiger partial charge in [-0.05, 0) is 12.1 Å². The first kappa shape index (κ1) is 17.6. The molecule has 0 heterocycles. The molecule has 0 aliphatic rings. The van der Waals surface area contributed by atoms with E-state index < -0.39 is 42.9 Å². The highest BCUT2D eigenvalue weighted by Gasteiger charge is 2.30. The molecule has 0 fully saturated rings. The molecule has 0 atom stereocenters. The van der Waals surface area contributed by atoms with Crippen molar-refractivity contribution in [2.24, 2.45) is 0 Å². The first-order valence-corrected chi connectivity index (χ1v) is 7.59. The minimum Gasteiger partial charge on any atom is -0.481 e. The predicted molar refractivity (Wildman–Crippen MR) is 75.2 cm³/mol. The summed E-state index contributed by atoms with van der Waals surface area (Å²) in [7, 11) is -3.02. The summed E-state index contributed by atoms with van der Waals surface area (Å²) in [6, 6.07) is 2.08. The van der Waals surface area contributed by atoms with Gasteiger partial charge in [-0.25, -0.2) is 12.7 Å². The average Bonchev–Trinajstić information content (AvgIpc) is 2.34. The van der Waals surface area contributed by atoms with Crippen molar-refractivity contribution in [3.63, 3.8) is 0 Å². The molecule has 0 amide bonds. The summed E-state index contributed by atoms with van der Waals surface area (Å²) in [6.07, 6.45) is -0.414. The molecule has 0 aliphatic heterocycles. The van der Waals surface area contributed by atoms with Gasteiger partial charge in [0.25, 0.3) is 0 Å². The molecule has 0 aliphatic carbocycles. The molecule has 1 rings (SSSR count). The lowest BCUT2D eigenvalue weighted by Gasteiger charge is -2.17. The molecule has 0 aromatic heterocycles. The maximum atomic E-state index is 12.2. The molecule has 0 unspecified atom stereocenters. The van der Waals surface area contributed by atoms with Crippen LogP contribution in [0, 0.1) is 10.1 Å². The van der Waals surface area contributed by atoms with Gasteiger partial charge in [0.1, 0.15) is 14.9 Å². The molecule has 11 heteroatoms. The number of carboxylic acids is 1. The van der Waals surface area contributed by atoms with E-state index in [0.717, 1.165) is 23.5 Å². The molecule has 0 saturated heterocycles. The molecular formula is C10H10Cl2N2O6S. The Bertz CT molecular complexity index is 691. The third-order valence-electron chi connectivity index (χ3n) is 2.54. The Morgan fingerprint density at radius 2 is 2.00 bits per heavy atom. The summed E-state index contributed by atoms with van der Waals surface area (Å²) in [4.78, 5) is 19.9. The Kier molecular flexibility index (Phi) is 5.51. The van der Waals surface area contributed by atoms with Crippen molar-refractivity contribution in [2.75, 3.05) is 13.6 Å². The number of benzene rings is 1. The van der Waals surface area contributed by atoms with E-state index >= 15 is 0 Å². The third-order valence-corrected chi connectivity index (χ3v) is 5.24. The number of carbonyl (C=O) groups is 1. The predicted octanol–water partition coefficient (Wildman–Crippen LogP) is 2.00. The van der Waals surface area contributed by atoms with Crippen LogP contribution in [0.3, 0.4) is 0 Å². The smallest absolute Gasteiger partial charge is 0.307 e. The number of carboxylic acid groups (broad SMARTS) is 1. The van der Waals surface area contributed by atoms with Crippen molar-refractivity contribution in [1.29, 1.82) is 0 Å². The average molecular weight is 357 g/mol. The highest BCUT2D eigenvalue weighted by Crippen LogP contribution is 2.37. The van der Waals surface area contributed by atoms with Crippen LogP contribution in [-0.2, 0) is 14.8 Å². The minimum atomic E-state index is -4.16. The zero-order chi connectivity index (χ0) is 16.4. The lowest BCUT2D eigenvalue weighted by Crippen LogP contribution is -2.29. The molecule has 1 N–H and O–H groups in total. The van der Waals surface area contributed by atoms with Gasteiger partial charge in [0, 0.05) is 13.6 Å². The Hall–Kier alpha value is -1.42. The number of nitro benzene ring substituents is 1. The number of hydrogen-bond donors (Lipinski definition) is 1. The zero-order valence-corrected chi connectivity index (χ0v) is 12.9. The number of sulfonamides is 1. The number of aliphatic carboxylic acids is 1. The Balaban J connectivity index is 3.30. The Morgan fingerprint density at radius 1 is 1.43 bits per heavy atom. The third kappa shape index (κ3) is 3.82. The Labute approximate surface area is 130 Å². The maximum Gasteiger partial charge on any atom is 0.307 e. The molecule has 0 spiro atoms. The molecule has 1 aromatic carbocycles. The van der Waals surface area contributed by atoms with Crippen molar-refractivity contribution in [3.05, 3.63) is 32.3 Å². The lowest BCUT2D eigenvalue weighted by atomic mass is 10.3. The maximum absolute atomic E-state index is 12.2. The van der Waals surface area contributed by atoms with Crippen LogP contribution < -0.4 is 0 Å². The second kappa shape index (κ2) is 6.56. The van der Waals surface area contributed by atoms with Crippen LogP contribution in [0.2, 0.25) is 10.0 Å². The van der Waals surface area contributed by atoms with Gasteiger partial charge in [-0.3, -0.25) is 14.9 Å². The standard InChI is InChI=1S/C10H10Cl2N2O6S/c1-13(5-4-8(15)16)21(19,20)7-3-2-6(11)10(9(7)12)14(17)18/h2-3H,4-5H2,1H3,(H,15,16). The summed E-state index contributed by atoms with van der Waals surface area (Å²) in [5.74, 6) is -1.18. The van der Waals surface area contributed by atoms with Crippen molar-refractivity contribution in [1.82, 2.24) is 4.31 Å². The fraction of sp³-hybridized carbons (Fsp3) is 0.300. The molecule has 0 bridgehead atoms. The van der Waals surface area contributed by atoms with Crippen molar-refractivity contribution >= 4 is 44.9 Å². The van der Waals surface area contributed by atoms with Crippen LogP contribution in [0.4, 0.5) is 5.69 Å². The van der Waals surface area contributed by atoms with Gasteiger partial charge >= 0.3 is 11.7 Å². The fourth-order valence-corrected chi connectivity index (χ4v) is 3.46. The summed E-state index contributed by atoms with van der Waals surface area (Å²) in [5, 5.41) is 18.5. The lowest BCUT2D eigenvalue weighted by molar-refractivity contribution is -0.384. The number of nitro groups is 1. The van der Waals surface area contributed by atoms with Crippen LogP contribution in [0.15, 0.2) is 17.0 Å². The molecule has 116 valence electrons. The first-order chi connectivity index (χ1) is 9.59. The molecular weight excluding hydrogens is 347 g/mol. The summed E-state index contributed by atoms with van der Waals surface area (Å²) in [6.45, 7) is -0.301. The van der Waals surface area contributed by atoms with E-state index in [-0.39, 0.29) is 11.6 Å². The highest BCUT2D eigenvalue weighted by atomic mass is 35.5. The molecule has 0 radical (unpaired) electrons. The topological polar surface area (TPSA) is 118 Å². The van der Waals surface area contributed by atoms with Gasteiger partial charge in [-0.1, -0.05) is 23.2 Å². The largest absolute Gasteiger partial charge is 0.481 e. The summed E-state index contributed by atoms with van der Waals surface area (Å²) < 4.78 is 25.2. The second-order valence-electron chi connectivity index (χ2n) is 3.94. The number of hydrogen-bond acceptors (Lipinski definition) is 5. The van der Waals surface area contributed by atoms with Gasteiger partial charge in [0.2, 0.25) is 10.0 Å². The second-order valence-corrected chi connectivity index (χ2v) is 6.73. The van der Waals surface area contributed by atoms with E-state index in [1.165, 1.54) is 0 Å². The fourth-order valence-electron chi connectivity index (χ4n) is 1.43. The number of halogens is 2. The van der Waals surface area contributed by atoms with Crippen LogP contribution in [0.25, 0.3) is 0 Å². The van der Waals surface area contributed by atoms with Gasteiger partial charge < -0.3 is 5.11 Å². The van der Waals surface area contributed by atoms with Gasteiger partial charge in [-0.15, -0.1) is 0 Å². The number of nitrogens with zero attached hydrogens (tertiary/aromatic N) is 2. The van der Waals surface area contributed by atoms with Crippen molar-refractivity contribution < 1.29 is 23.2 Å². The number of rotatable bonds is 6. The van der Waals surface area contributed by atoms with Crippen LogP contribution in [0.1, 0.15) is 6.42 Å². The SMILES string of the molecule is CN(CCC(=O)O)S(=O)(=O)c1ccc(Cl)c([N+](=O)[O-])c1Cl. The molecule has 0 saturated carbocycles. The van der Waals surface area contributed by atoms with E-state index in [9.17, 15) is 23.3 Å². The van der Waals surface area contributed by atoms with Crippen molar-refractivity contribution in [2.45, 2.75) is 11.3 Å². The van der Waals surface area contributed by atoms with E-state index in [1.807, 2.05) is 0 Å². The summed E-state index contributed by atoms with van der Waals surface area (Å²) in [5.41, 5.74) is -0.717. The van der Waals surface area contributed by atoms with E-state index in [2.05, 4.69) is 0 Å². The van der Waals surface area contributed by atoms with Crippen LogP contribution >= 0.6 is 23.2 Å². The quantitative estimate of drug-likeness (QED) is 0.615. The zero-order valence-electron chi connectivity index (χ0n) is 10.6. The summed E-state index contributed by atoms with van der Waals surface area (Å²) >= 11 is 11.4. The highest BCUT2D eigenvalue weighted by molar-refractivity contribution is 7.89. The van der Waals surface area contributed by atoms with Crippen LogP contribution in [0.5, 0.6) is 0 Å². The first-order valence-electron chi connectivity index (χ1n) is 5.39. The minimum absolute atomic E-state index is 0.294. The molecule has 21 heavy (non-hydrogen) atoms.